The van der Waals surface area contributed by atoms with Gasteiger partial charge in [0, 0.05) is 5.57 Å². The van der Waals surface area contributed by atoms with Crippen molar-refractivity contribution in [3.63, 3.8) is 0 Å². The molecule has 1 unspecified atom stereocenters. The SMILES string of the molecule is C#CC(CC)NC(=O)/C(C)=C\CC. The Hall–Kier alpha value is -1.23. The molecule has 0 aromatic rings. The van der Waals surface area contributed by atoms with E-state index in [-0.39, 0.29) is 11.9 Å². The van der Waals surface area contributed by atoms with E-state index in [9.17, 15) is 4.79 Å². The van der Waals surface area contributed by atoms with Gasteiger partial charge in [-0.25, -0.2) is 0 Å². The second-order valence-corrected chi connectivity index (χ2v) is 2.90. The van der Waals surface area contributed by atoms with Crippen molar-refractivity contribution in [2.24, 2.45) is 0 Å². The maximum atomic E-state index is 11.4. The van der Waals surface area contributed by atoms with Crippen molar-refractivity contribution in [3.8, 4) is 12.3 Å². The van der Waals surface area contributed by atoms with Crippen molar-refractivity contribution >= 4 is 5.91 Å². The van der Waals surface area contributed by atoms with Gasteiger partial charge in [0.2, 0.25) is 5.91 Å². The number of carbonyl (C=O) groups excluding carboxylic acids is 1. The van der Waals surface area contributed by atoms with E-state index in [1.54, 1.807) is 6.92 Å². The summed E-state index contributed by atoms with van der Waals surface area (Å²) in [6.45, 7) is 5.74. The van der Waals surface area contributed by atoms with E-state index < -0.39 is 0 Å². The predicted molar refractivity (Wildman–Crippen MR) is 55.1 cm³/mol. The van der Waals surface area contributed by atoms with E-state index in [0.29, 0.717) is 0 Å². The lowest BCUT2D eigenvalue weighted by atomic mass is 10.2. The fourth-order valence-corrected chi connectivity index (χ4v) is 0.933. The zero-order chi connectivity index (χ0) is 10.3. The quantitative estimate of drug-likeness (QED) is 0.518. The van der Waals surface area contributed by atoms with Crippen LogP contribution < -0.4 is 5.32 Å². The highest BCUT2D eigenvalue weighted by Crippen LogP contribution is 1.97. The number of nitrogens with one attached hydrogen (secondary N) is 1. The molecule has 0 radical (unpaired) electrons. The summed E-state index contributed by atoms with van der Waals surface area (Å²) in [6, 6.07) is -0.146. The highest BCUT2D eigenvalue weighted by atomic mass is 16.1. The third-order valence-corrected chi connectivity index (χ3v) is 1.78. The molecular weight excluding hydrogens is 162 g/mol. The Morgan fingerprint density at radius 2 is 2.23 bits per heavy atom. The average molecular weight is 179 g/mol. The Kier molecular flexibility index (Phi) is 5.71. The fourth-order valence-electron chi connectivity index (χ4n) is 0.933. The molecule has 0 bridgehead atoms. The van der Waals surface area contributed by atoms with Crippen LogP contribution in [0.25, 0.3) is 0 Å². The predicted octanol–water partition coefficient (Wildman–Crippen LogP) is 1.87. The van der Waals surface area contributed by atoms with Crippen LogP contribution in [0.5, 0.6) is 0 Å². The number of hydrogen-bond donors (Lipinski definition) is 1. The molecule has 1 atom stereocenters. The van der Waals surface area contributed by atoms with Gasteiger partial charge in [-0.3, -0.25) is 4.79 Å². The molecule has 0 fully saturated rings. The molecule has 0 aromatic heterocycles. The summed E-state index contributed by atoms with van der Waals surface area (Å²) in [4.78, 5) is 11.4. The fraction of sp³-hybridized carbons (Fsp3) is 0.545. The van der Waals surface area contributed by atoms with Gasteiger partial charge in [-0.1, -0.05) is 25.8 Å². The zero-order valence-corrected chi connectivity index (χ0v) is 8.55. The number of hydrogen-bond acceptors (Lipinski definition) is 1. The highest BCUT2D eigenvalue weighted by molar-refractivity contribution is 5.93. The van der Waals surface area contributed by atoms with Gasteiger partial charge in [0.1, 0.15) is 0 Å². The molecule has 0 spiro atoms. The first kappa shape index (κ1) is 11.8. The Bertz CT molecular complexity index is 235. The lowest BCUT2D eigenvalue weighted by Crippen LogP contribution is -2.33. The van der Waals surface area contributed by atoms with Gasteiger partial charge in [-0.05, 0) is 19.8 Å². The summed E-state index contributed by atoms with van der Waals surface area (Å²) in [6.07, 6.45) is 8.74. The van der Waals surface area contributed by atoms with Crippen LogP contribution in [-0.2, 0) is 4.79 Å². The summed E-state index contributed by atoms with van der Waals surface area (Å²) in [5.41, 5.74) is 0.733. The van der Waals surface area contributed by atoms with Crippen LogP contribution >= 0.6 is 0 Å². The third-order valence-electron chi connectivity index (χ3n) is 1.78. The largest absolute Gasteiger partial charge is 0.339 e. The third kappa shape index (κ3) is 4.37. The number of carbonyl (C=O) groups is 1. The molecule has 0 saturated heterocycles. The summed E-state index contributed by atoms with van der Waals surface area (Å²) in [5.74, 6) is 2.46. The van der Waals surface area contributed by atoms with Crippen molar-refractivity contribution in [1.82, 2.24) is 5.32 Å². The van der Waals surface area contributed by atoms with Crippen LogP contribution in [0.4, 0.5) is 0 Å². The lowest BCUT2D eigenvalue weighted by molar-refractivity contribution is -0.117. The van der Waals surface area contributed by atoms with E-state index in [4.69, 9.17) is 6.42 Å². The Morgan fingerprint density at radius 1 is 1.62 bits per heavy atom. The van der Waals surface area contributed by atoms with E-state index in [2.05, 4.69) is 11.2 Å². The lowest BCUT2D eigenvalue weighted by Gasteiger charge is -2.10. The van der Waals surface area contributed by atoms with Gasteiger partial charge >= 0.3 is 0 Å². The van der Waals surface area contributed by atoms with Crippen molar-refractivity contribution in [2.75, 3.05) is 0 Å². The van der Waals surface area contributed by atoms with E-state index in [1.165, 1.54) is 0 Å². The molecule has 72 valence electrons. The molecule has 0 aromatic carbocycles. The van der Waals surface area contributed by atoms with Crippen LogP contribution in [0.2, 0.25) is 0 Å². The summed E-state index contributed by atoms with van der Waals surface area (Å²) < 4.78 is 0. The summed E-state index contributed by atoms with van der Waals surface area (Å²) in [7, 11) is 0. The first-order valence-corrected chi connectivity index (χ1v) is 4.59. The molecule has 1 amide bonds. The Morgan fingerprint density at radius 3 is 2.62 bits per heavy atom. The monoisotopic (exact) mass is 179 g/mol. The average Bonchev–Trinajstić information content (AvgIpc) is 2.14. The van der Waals surface area contributed by atoms with Crippen LogP contribution in [0, 0.1) is 12.3 Å². The minimum absolute atomic E-state index is 0.0633. The molecular formula is C11H17NO. The highest BCUT2D eigenvalue weighted by Gasteiger charge is 2.07. The number of terminal acetylenes is 1. The summed E-state index contributed by atoms with van der Waals surface area (Å²) in [5, 5.41) is 2.76. The molecule has 0 aliphatic carbocycles. The standard InChI is InChI=1S/C11H17NO/c1-5-8-9(4)11(13)12-10(6-2)7-3/h2,8,10H,5,7H2,1,3-4H3,(H,12,13)/b9-8-. The van der Waals surface area contributed by atoms with Crippen molar-refractivity contribution in [3.05, 3.63) is 11.6 Å². The summed E-state index contributed by atoms with van der Waals surface area (Å²) >= 11 is 0. The molecule has 1 N–H and O–H groups in total. The van der Waals surface area contributed by atoms with Gasteiger partial charge in [0.15, 0.2) is 0 Å². The first-order valence-electron chi connectivity index (χ1n) is 4.59. The van der Waals surface area contributed by atoms with Crippen LogP contribution in [0.15, 0.2) is 11.6 Å². The Balaban J connectivity index is 4.15. The van der Waals surface area contributed by atoms with E-state index >= 15 is 0 Å². The van der Waals surface area contributed by atoms with E-state index in [0.717, 1.165) is 18.4 Å². The molecule has 0 saturated carbocycles. The molecule has 2 nitrogen and oxygen atoms in total. The second-order valence-electron chi connectivity index (χ2n) is 2.90. The van der Waals surface area contributed by atoms with Crippen molar-refractivity contribution in [2.45, 2.75) is 39.7 Å². The molecule has 0 aliphatic rings. The molecule has 0 heterocycles. The van der Waals surface area contributed by atoms with E-state index in [1.807, 2.05) is 19.9 Å². The number of amides is 1. The molecule has 0 aliphatic heterocycles. The van der Waals surface area contributed by atoms with Gasteiger partial charge in [-0.2, -0.15) is 0 Å². The Labute approximate surface area is 80.4 Å². The van der Waals surface area contributed by atoms with Crippen LogP contribution in [0.3, 0.4) is 0 Å². The smallest absolute Gasteiger partial charge is 0.247 e. The number of allylic oxidation sites excluding steroid dienone is 1. The maximum Gasteiger partial charge on any atom is 0.247 e. The first-order chi connectivity index (χ1) is 6.15. The molecule has 13 heavy (non-hydrogen) atoms. The van der Waals surface area contributed by atoms with Gasteiger partial charge in [0.25, 0.3) is 0 Å². The van der Waals surface area contributed by atoms with Gasteiger partial charge in [-0.15, -0.1) is 6.42 Å². The van der Waals surface area contributed by atoms with Gasteiger partial charge < -0.3 is 5.32 Å². The van der Waals surface area contributed by atoms with Crippen LogP contribution in [0.1, 0.15) is 33.6 Å². The zero-order valence-electron chi connectivity index (χ0n) is 8.55. The van der Waals surface area contributed by atoms with Crippen molar-refractivity contribution < 1.29 is 4.79 Å². The normalized spacial score (nSPS) is 13.2. The van der Waals surface area contributed by atoms with Crippen molar-refractivity contribution in [1.29, 1.82) is 0 Å². The van der Waals surface area contributed by atoms with Gasteiger partial charge in [0.05, 0.1) is 6.04 Å². The van der Waals surface area contributed by atoms with Crippen LogP contribution in [-0.4, -0.2) is 11.9 Å². The molecule has 2 heteroatoms. The molecule has 0 rings (SSSR count). The number of rotatable bonds is 4. The topological polar surface area (TPSA) is 29.1 Å². The second kappa shape index (κ2) is 6.30. The maximum absolute atomic E-state index is 11.4. The minimum atomic E-state index is -0.146. The minimum Gasteiger partial charge on any atom is -0.339 e.